The van der Waals surface area contributed by atoms with Gasteiger partial charge in [-0.2, -0.15) is 0 Å². The van der Waals surface area contributed by atoms with Gasteiger partial charge in [0.05, 0.1) is 20.1 Å². The van der Waals surface area contributed by atoms with Crippen LogP contribution in [0, 0.1) is 0 Å². The molecule has 1 saturated heterocycles. The lowest BCUT2D eigenvalue weighted by atomic mass is 9.76. The van der Waals surface area contributed by atoms with Crippen LogP contribution in [0.5, 0.6) is 11.5 Å². The van der Waals surface area contributed by atoms with Crippen molar-refractivity contribution in [3.05, 3.63) is 95.6 Å². The van der Waals surface area contributed by atoms with E-state index in [-0.39, 0.29) is 23.8 Å². The number of carbonyl (C=O) groups is 1. The van der Waals surface area contributed by atoms with Gasteiger partial charge in [0.15, 0.2) is 0 Å². The zero-order valence-electron chi connectivity index (χ0n) is 17.6. The number of ether oxygens (including phenoxy) is 2. The third-order valence-electron chi connectivity index (χ3n) is 6.10. The fourth-order valence-corrected chi connectivity index (χ4v) is 4.50. The summed E-state index contributed by atoms with van der Waals surface area (Å²) in [6.45, 7) is 0. The fourth-order valence-electron chi connectivity index (χ4n) is 4.50. The third-order valence-corrected chi connectivity index (χ3v) is 6.10. The average Bonchev–Trinajstić information content (AvgIpc) is 2.81. The van der Waals surface area contributed by atoms with Crippen LogP contribution in [0.25, 0.3) is 0 Å². The molecule has 0 radical (unpaired) electrons. The van der Waals surface area contributed by atoms with Crippen molar-refractivity contribution in [3.63, 3.8) is 0 Å². The molecule has 0 unspecified atom stereocenters. The van der Waals surface area contributed by atoms with Crippen molar-refractivity contribution in [1.29, 1.82) is 0 Å². The smallest absolute Gasteiger partial charge is 0.144 e. The first kappa shape index (κ1) is 20.2. The van der Waals surface area contributed by atoms with E-state index in [2.05, 4.69) is 48.3 Å². The molecule has 1 fully saturated rings. The summed E-state index contributed by atoms with van der Waals surface area (Å²) in [6.07, 6.45) is 0.481. The number of methoxy groups -OCH3 is 2. The number of carbonyl (C=O) groups excluding carboxylic acids is 1. The topological polar surface area (TPSA) is 38.8 Å². The minimum atomic E-state index is -0.209. The molecule has 0 bridgehead atoms. The molecule has 3 aromatic rings. The molecule has 4 nitrogen and oxygen atoms in total. The van der Waals surface area contributed by atoms with Crippen molar-refractivity contribution in [2.45, 2.75) is 24.4 Å². The van der Waals surface area contributed by atoms with Crippen LogP contribution < -0.4 is 9.47 Å². The maximum absolute atomic E-state index is 13.5. The first-order valence-corrected chi connectivity index (χ1v) is 10.2. The molecule has 0 aliphatic carbocycles. The average molecular weight is 402 g/mol. The molecule has 3 atom stereocenters. The molecule has 154 valence electrons. The van der Waals surface area contributed by atoms with Crippen molar-refractivity contribution in [2.75, 3.05) is 21.3 Å². The summed E-state index contributed by atoms with van der Waals surface area (Å²) in [7, 11) is 5.44. The number of hydrogen-bond donors (Lipinski definition) is 0. The molecule has 1 heterocycles. The van der Waals surface area contributed by atoms with Gasteiger partial charge in [-0.05, 0) is 48.0 Å². The molecule has 1 aliphatic heterocycles. The number of nitrogens with zero attached hydrogens (tertiary/aromatic N) is 1. The van der Waals surface area contributed by atoms with Gasteiger partial charge in [0.25, 0.3) is 0 Å². The second-order valence-electron chi connectivity index (χ2n) is 7.73. The summed E-state index contributed by atoms with van der Waals surface area (Å²) in [5.41, 5.74) is 3.29. The van der Waals surface area contributed by atoms with Crippen LogP contribution in [0.15, 0.2) is 78.9 Å². The standard InChI is InChI=1S/C26H27NO3/c1-27-23(18-9-13-21(29-2)14-10-18)17-24(28)25(19-7-5-4-6-8-19)26(27)20-11-15-22(30-3)16-12-20/h4-16,23,25-26H,17H2,1-3H3/t23-,25+,26+/m1/s1. The molecule has 3 aromatic carbocycles. The van der Waals surface area contributed by atoms with Gasteiger partial charge in [-0.3, -0.25) is 9.69 Å². The van der Waals surface area contributed by atoms with Crippen LogP contribution in [0.4, 0.5) is 0 Å². The summed E-state index contributed by atoms with van der Waals surface area (Å²) < 4.78 is 10.6. The van der Waals surface area contributed by atoms with Gasteiger partial charge in [-0.15, -0.1) is 0 Å². The molecule has 30 heavy (non-hydrogen) atoms. The minimum Gasteiger partial charge on any atom is -0.497 e. The van der Waals surface area contributed by atoms with Crippen molar-refractivity contribution in [2.24, 2.45) is 0 Å². The maximum atomic E-state index is 13.5. The van der Waals surface area contributed by atoms with Crippen LogP contribution in [0.3, 0.4) is 0 Å². The molecule has 0 aromatic heterocycles. The van der Waals surface area contributed by atoms with Gasteiger partial charge in [-0.1, -0.05) is 54.6 Å². The SMILES string of the molecule is COc1ccc([C@H]2CC(=O)[C@H](c3ccccc3)[C@H](c3ccc(OC)cc3)N2C)cc1. The van der Waals surface area contributed by atoms with E-state index < -0.39 is 0 Å². The van der Waals surface area contributed by atoms with E-state index in [4.69, 9.17) is 9.47 Å². The van der Waals surface area contributed by atoms with Gasteiger partial charge in [-0.25, -0.2) is 0 Å². The Labute approximate surface area is 178 Å². The van der Waals surface area contributed by atoms with Crippen LogP contribution in [-0.2, 0) is 4.79 Å². The van der Waals surface area contributed by atoms with E-state index in [1.54, 1.807) is 14.2 Å². The van der Waals surface area contributed by atoms with Crippen LogP contribution in [0.1, 0.15) is 41.1 Å². The summed E-state index contributed by atoms with van der Waals surface area (Å²) in [6, 6.07) is 26.2. The van der Waals surface area contributed by atoms with E-state index in [1.165, 1.54) is 0 Å². The van der Waals surface area contributed by atoms with Crippen molar-refractivity contribution >= 4 is 5.78 Å². The van der Waals surface area contributed by atoms with Gasteiger partial charge < -0.3 is 9.47 Å². The molecular weight excluding hydrogens is 374 g/mol. The molecule has 0 saturated carbocycles. The highest BCUT2D eigenvalue weighted by molar-refractivity contribution is 5.88. The number of piperidine rings is 1. The highest BCUT2D eigenvalue weighted by Gasteiger charge is 2.42. The Balaban J connectivity index is 1.76. The second-order valence-corrected chi connectivity index (χ2v) is 7.73. The van der Waals surface area contributed by atoms with Crippen molar-refractivity contribution in [1.82, 2.24) is 4.90 Å². The van der Waals surface area contributed by atoms with Crippen molar-refractivity contribution in [3.8, 4) is 11.5 Å². The Hall–Kier alpha value is -3.11. The first-order valence-electron chi connectivity index (χ1n) is 10.2. The third kappa shape index (κ3) is 3.83. The summed E-state index contributed by atoms with van der Waals surface area (Å²) in [5.74, 6) is 1.68. The molecular formula is C26H27NO3. The number of likely N-dealkylation sites (N-methyl/N-ethyl adjacent to an activating group) is 1. The molecule has 4 heteroatoms. The lowest BCUT2D eigenvalue weighted by molar-refractivity contribution is -0.127. The zero-order valence-corrected chi connectivity index (χ0v) is 17.6. The van der Waals surface area contributed by atoms with E-state index >= 15 is 0 Å². The van der Waals surface area contributed by atoms with Gasteiger partial charge in [0.1, 0.15) is 17.3 Å². The Bertz CT molecular complexity index is 983. The second kappa shape index (κ2) is 8.72. The van der Waals surface area contributed by atoms with E-state index in [9.17, 15) is 4.79 Å². The summed E-state index contributed by atoms with van der Waals surface area (Å²) in [5, 5.41) is 0. The predicted octanol–water partition coefficient (Wildman–Crippen LogP) is 5.17. The van der Waals surface area contributed by atoms with E-state index in [0.717, 1.165) is 28.2 Å². The van der Waals surface area contributed by atoms with E-state index in [1.807, 2.05) is 42.5 Å². The molecule has 4 rings (SSSR count). The fraction of sp³-hybridized carbons (Fsp3) is 0.269. The number of likely N-dealkylation sites (tertiary alicyclic amines) is 1. The van der Waals surface area contributed by atoms with Gasteiger partial charge in [0, 0.05) is 18.5 Å². The molecule has 0 spiro atoms. The van der Waals surface area contributed by atoms with Crippen molar-refractivity contribution < 1.29 is 14.3 Å². The lowest BCUT2D eigenvalue weighted by Gasteiger charge is -2.44. The molecule has 0 N–H and O–H groups in total. The Kier molecular flexibility index (Phi) is 5.86. The normalized spacial score (nSPS) is 22.0. The maximum Gasteiger partial charge on any atom is 0.144 e. The Morgan fingerprint density at radius 1 is 0.733 bits per heavy atom. The van der Waals surface area contributed by atoms with Gasteiger partial charge in [0.2, 0.25) is 0 Å². The van der Waals surface area contributed by atoms with Gasteiger partial charge >= 0.3 is 0 Å². The minimum absolute atomic E-state index is 0.00969. The Morgan fingerprint density at radius 2 is 1.27 bits per heavy atom. The quantitative estimate of drug-likeness (QED) is 0.591. The molecule has 1 aliphatic rings. The van der Waals surface area contributed by atoms with Crippen LogP contribution in [-0.4, -0.2) is 32.0 Å². The highest BCUT2D eigenvalue weighted by Crippen LogP contribution is 2.46. The predicted molar refractivity (Wildman–Crippen MR) is 118 cm³/mol. The highest BCUT2D eigenvalue weighted by atomic mass is 16.5. The summed E-state index contributed by atoms with van der Waals surface area (Å²) in [4.78, 5) is 15.8. The van der Waals surface area contributed by atoms with E-state index in [0.29, 0.717) is 6.42 Å². The number of benzene rings is 3. The zero-order chi connectivity index (χ0) is 21.1. The van der Waals surface area contributed by atoms with Crippen LogP contribution in [0.2, 0.25) is 0 Å². The lowest BCUT2D eigenvalue weighted by Crippen LogP contribution is -2.42. The number of Topliss-reactive ketones (excluding diaryl/α,β-unsaturated/α-hetero) is 1. The largest absolute Gasteiger partial charge is 0.497 e. The first-order chi connectivity index (χ1) is 14.6. The monoisotopic (exact) mass is 401 g/mol. The number of hydrogen-bond acceptors (Lipinski definition) is 4. The van der Waals surface area contributed by atoms with Crippen LogP contribution >= 0.6 is 0 Å². The molecule has 0 amide bonds. The number of ketones is 1. The summed E-state index contributed by atoms with van der Waals surface area (Å²) >= 11 is 0. The number of rotatable bonds is 5. The Morgan fingerprint density at radius 3 is 1.80 bits per heavy atom.